The summed E-state index contributed by atoms with van der Waals surface area (Å²) in [6, 6.07) is 4.57. The smallest absolute Gasteiger partial charge is 0.131 e. The van der Waals surface area contributed by atoms with Crippen LogP contribution < -0.4 is 0 Å². The molecule has 5 heteroatoms. The first-order chi connectivity index (χ1) is 8.00. The average Bonchev–Trinajstić information content (AvgIpc) is 2.58. The molecule has 1 atom stereocenters. The van der Waals surface area contributed by atoms with Crippen LogP contribution in [0.25, 0.3) is 5.69 Å². The molecule has 0 aliphatic rings. The second-order valence-electron chi connectivity index (χ2n) is 3.86. The van der Waals surface area contributed by atoms with Gasteiger partial charge in [-0.2, -0.15) is 5.10 Å². The van der Waals surface area contributed by atoms with E-state index in [4.69, 9.17) is 11.6 Å². The molecular weight excluding hydrogens is 243 g/mol. The molecular formula is C12H12ClFN2O. The van der Waals surface area contributed by atoms with E-state index in [1.165, 1.54) is 17.7 Å². The van der Waals surface area contributed by atoms with Crippen LogP contribution in [0.15, 0.2) is 24.4 Å². The van der Waals surface area contributed by atoms with Crippen LogP contribution in [0.4, 0.5) is 4.39 Å². The first-order valence-electron chi connectivity index (χ1n) is 5.19. The predicted molar refractivity (Wildman–Crippen MR) is 63.9 cm³/mol. The second kappa shape index (κ2) is 4.47. The Hall–Kier alpha value is -1.39. The number of rotatable bonds is 2. The number of hydrogen-bond acceptors (Lipinski definition) is 2. The number of aromatic nitrogens is 2. The van der Waals surface area contributed by atoms with Crippen molar-refractivity contribution in [2.45, 2.75) is 20.0 Å². The van der Waals surface area contributed by atoms with Crippen LogP contribution in [-0.2, 0) is 0 Å². The highest BCUT2D eigenvalue weighted by Crippen LogP contribution is 2.25. The minimum absolute atomic E-state index is 0.215. The molecule has 0 amide bonds. The topological polar surface area (TPSA) is 38.0 Å². The fourth-order valence-electron chi connectivity index (χ4n) is 1.70. The van der Waals surface area contributed by atoms with Gasteiger partial charge >= 0.3 is 0 Å². The molecule has 17 heavy (non-hydrogen) atoms. The van der Waals surface area contributed by atoms with Gasteiger partial charge in [-0.15, -0.1) is 0 Å². The molecule has 3 nitrogen and oxygen atoms in total. The van der Waals surface area contributed by atoms with Crippen molar-refractivity contribution in [3.8, 4) is 5.69 Å². The molecule has 0 spiro atoms. The number of hydrogen-bond donors (Lipinski definition) is 1. The standard InChI is InChI=1S/C12H12ClFN2O/c1-7-9(13)6-16(15-7)11-5-3-4-10(14)12(11)8(2)17/h3-6,8,17H,1-2H3/t8-/m1/s1. The number of benzene rings is 1. The van der Waals surface area contributed by atoms with Crippen molar-refractivity contribution in [1.82, 2.24) is 9.78 Å². The van der Waals surface area contributed by atoms with E-state index in [9.17, 15) is 9.50 Å². The van der Waals surface area contributed by atoms with E-state index in [0.29, 0.717) is 16.4 Å². The van der Waals surface area contributed by atoms with E-state index in [-0.39, 0.29) is 5.56 Å². The molecule has 1 heterocycles. The number of halogens is 2. The molecule has 1 aromatic heterocycles. The fraction of sp³-hybridized carbons (Fsp3) is 0.250. The molecule has 1 aromatic carbocycles. The Morgan fingerprint density at radius 2 is 2.18 bits per heavy atom. The van der Waals surface area contributed by atoms with Gasteiger partial charge < -0.3 is 5.11 Å². The van der Waals surface area contributed by atoms with E-state index < -0.39 is 11.9 Å². The maximum absolute atomic E-state index is 13.7. The van der Waals surface area contributed by atoms with Gasteiger partial charge in [-0.3, -0.25) is 0 Å². The van der Waals surface area contributed by atoms with E-state index in [1.807, 2.05) is 0 Å². The Morgan fingerprint density at radius 3 is 2.71 bits per heavy atom. The summed E-state index contributed by atoms with van der Waals surface area (Å²) in [5, 5.41) is 14.3. The number of nitrogens with zero attached hydrogens (tertiary/aromatic N) is 2. The van der Waals surface area contributed by atoms with Gasteiger partial charge in [-0.05, 0) is 26.0 Å². The van der Waals surface area contributed by atoms with Crippen molar-refractivity contribution >= 4 is 11.6 Å². The third-order valence-corrected chi connectivity index (χ3v) is 2.90. The zero-order chi connectivity index (χ0) is 12.6. The quantitative estimate of drug-likeness (QED) is 0.895. The van der Waals surface area contributed by atoms with Gasteiger partial charge in [-0.1, -0.05) is 17.7 Å². The van der Waals surface area contributed by atoms with Crippen molar-refractivity contribution in [2.75, 3.05) is 0 Å². The molecule has 2 aromatic rings. The van der Waals surface area contributed by atoms with Crippen molar-refractivity contribution < 1.29 is 9.50 Å². The van der Waals surface area contributed by atoms with Crippen molar-refractivity contribution in [1.29, 1.82) is 0 Å². The first-order valence-corrected chi connectivity index (χ1v) is 5.57. The van der Waals surface area contributed by atoms with E-state index in [0.717, 1.165) is 0 Å². The van der Waals surface area contributed by atoms with Crippen molar-refractivity contribution in [3.63, 3.8) is 0 Å². The SMILES string of the molecule is Cc1nn(-c2cccc(F)c2[C@@H](C)O)cc1Cl. The van der Waals surface area contributed by atoms with Crippen LogP contribution in [0.1, 0.15) is 24.3 Å². The van der Waals surface area contributed by atoms with E-state index in [2.05, 4.69) is 5.10 Å². The highest BCUT2D eigenvalue weighted by molar-refractivity contribution is 6.31. The molecule has 1 N–H and O–H groups in total. The third-order valence-electron chi connectivity index (χ3n) is 2.53. The van der Waals surface area contributed by atoms with Crippen molar-refractivity contribution in [3.05, 3.63) is 46.5 Å². The Kier molecular flexibility index (Phi) is 3.17. The molecule has 0 saturated carbocycles. The molecule has 0 unspecified atom stereocenters. The number of aryl methyl sites for hydroxylation is 1. The summed E-state index contributed by atoms with van der Waals surface area (Å²) in [6.45, 7) is 3.28. The Morgan fingerprint density at radius 1 is 1.47 bits per heavy atom. The normalized spacial score (nSPS) is 12.8. The molecule has 0 aliphatic heterocycles. The summed E-state index contributed by atoms with van der Waals surface area (Å²) in [5.74, 6) is -0.457. The van der Waals surface area contributed by atoms with Gasteiger partial charge in [0.25, 0.3) is 0 Å². The first kappa shape index (κ1) is 12.1. The summed E-state index contributed by atoms with van der Waals surface area (Å²) in [5.41, 5.74) is 1.37. The molecule has 0 bridgehead atoms. The van der Waals surface area contributed by atoms with E-state index >= 15 is 0 Å². The fourth-order valence-corrected chi connectivity index (χ4v) is 1.83. The lowest BCUT2D eigenvalue weighted by Gasteiger charge is -2.12. The summed E-state index contributed by atoms with van der Waals surface area (Å²) in [4.78, 5) is 0. The van der Waals surface area contributed by atoms with Crippen LogP contribution in [0, 0.1) is 12.7 Å². The zero-order valence-corrected chi connectivity index (χ0v) is 10.2. The lowest BCUT2D eigenvalue weighted by atomic mass is 10.1. The Balaban J connectivity index is 2.63. The molecule has 90 valence electrons. The van der Waals surface area contributed by atoms with Gasteiger partial charge in [-0.25, -0.2) is 9.07 Å². The zero-order valence-electron chi connectivity index (χ0n) is 9.48. The minimum atomic E-state index is -0.908. The largest absolute Gasteiger partial charge is 0.389 e. The van der Waals surface area contributed by atoms with Gasteiger partial charge in [0.15, 0.2) is 0 Å². The molecule has 0 fully saturated rings. The van der Waals surface area contributed by atoms with E-state index in [1.54, 1.807) is 25.3 Å². The third kappa shape index (κ3) is 2.18. The second-order valence-corrected chi connectivity index (χ2v) is 4.26. The summed E-state index contributed by atoms with van der Waals surface area (Å²) < 4.78 is 15.1. The maximum Gasteiger partial charge on any atom is 0.131 e. The lowest BCUT2D eigenvalue weighted by Crippen LogP contribution is -2.05. The summed E-state index contributed by atoms with van der Waals surface area (Å²) in [6.07, 6.45) is 0.687. The average molecular weight is 255 g/mol. The highest BCUT2D eigenvalue weighted by Gasteiger charge is 2.16. The molecule has 0 aliphatic carbocycles. The maximum atomic E-state index is 13.7. The van der Waals surface area contributed by atoms with Crippen LogP contribution >= 0.6 is 11.6 Å². The van der Waals surface area contributed by atoms with Crippen LogP contribution in [0.2, 0.25) is 5.02 Å². The summed E-state index contributed by atoms with van der Waals surface area (Å²) in [7, 11) is 0. The minimum Gasteiger partial charge on any atom is -0.389 e. The molecule has 0 saturated heterocycles. The van der Waals surface area contributed by atoms with Crippen molar-refractivity contribution in [2.24, 2.45) is 0 Å². The number of aliphatic hydroxyl groups excluding tert-OH is 1. The molecule has 0 radical (unpaired) electrons. The summed E-state index contributed by atoms with van der Waals surface area (Å²) >= 11 is 5.91. The van der Waals surface area contributed by atoms with Gasteiger partial charge in [0.1, 0.15) is 5.82 Å². The highest BCUT2D eigenvalue weighted by atomic mass is 35.5. The number of aliphatic hydroxyl groups is 1. The monoisotopic (exact) mass is 254 g/mol. The molecule has 2 rings (SSSR count). The van der Waals surface area contributed by atoms with Crippen LogP contribution in [-0.4, -0.2) is 14.9 Å². The van der Waals surface area contributed by atoms with Gasteiger partial charge in [0.05, 0.1) is 22.5 Å². The van der Waals surface area contributed by atoms with Gasteiger partial charge in [0.2, 0.25) is 0 Å². The predicted octanol–water partition coefficient (Wildman–Crippen LogP) is 3.03. The Labute approximate surface area is 103 Å². The van der Waals surface area contributed by atoms with Crippen LogP contribution in [0.5, 0.6) is 0 Å². The lowest BCUT2D eigenvalue weighted by molar-refractivity contribution is 0.194. The Bertz CT molecular complexity index is 532. The van der Waals surface area contributed by atoms with Gasteiger partial charge in [0, 0.05) is 11.8 Å². The van der Waals surface area contributed by atoms with Crippen LogP contribution in [0.3, 0.4) is 0 Å².